The van der Waals surface area contributed by atoms with Gasteiger partial charge in [0.1, 0.15) is 6.10 Å². The van der Waals surface area contributed by atoms with Crippen LogP contribution in [0, 0.1) is 13.8 Å². The number of rotatable bonds is 4. The van der Waals surface area contributed by atoms with Gasteiger partial charge in [-0.15, -0.1) is 0 Å². The maximum Gasteiger partial charge on any atom is 0.101 e. The predicted octanol–water partition coefficient (Wildman–Crippen LogP) is 3.36. The number of nitrogens with zero attached hydrogens (tertiary/aromatic N) is 2. The maximum atomic E-state index is 10.5. The van der Waals surface area contributed by atoms with Gasteiger partial charge < -0.3 is 5.11 Å². The van der Waals surface area contributed by atoms with Gasteiger partial charge in [-0.1, -0.05) is 31.2 Å². The van der Waals surface area contributed by atoms with Gasteiger partial charge in [0, 0.05) is 5.69 Å². The molecule has 0 aliphatic heterocycles. The first kappa shape index (κ1) is 13.8. The van der Waals surface area contributed by atoms with E-state index in [9.17, 15) is 5.11 Å². The molecular weight excluding hydrogens is 236 g/mol. The normalized spacial score (nSPS) is 14.4. The van der Waals surface area contributed by atoms with Gasteiger partial charge in [-0.25, -0.2) is 0 Å². The molecule has 2 atom stereocenters. The van der Waals surface area contributed by atoms with Crippen LogP contribution in [0.4, 0.5) is 0 Å². The molecule has 0 bridgehead atoms. The topological polar surface area (TPSA) is 38.0 Å². The van der Waals surface area contributed by atoms with Crippen molar-refractivity contribution in [3.8, 4) is 0 Å². The molecule has 2 unspecified atom stereocenters. The molecule has 102 valence electrons. The van der Waals surface area contributed by atoms with Crippen LogP contribution in [0.5, 0.6) is 0 Å². The Balaban J connectivity index is 2.22. The lowest BCUT2D eigenvalue weighted by Gasteiger charge is -2.21. The zero-order valence-corrected chi connectivity index (χ0v) is 12.1. The van der Waals surface area contributed by atoms with Gasteiger partial charge in [-0.3, -0.25) is 4.68 Å². The Kier molecular flexibility index (Phi) is 4.05. The molecule has 2 aromatic rings. The molecule has 0 saturated carbocycles. The lowest BCUT2D eigenvalue weighted by atomic mass is 10.0. The van der Waals surface area contributed by atoms with Crippen LogP contribution in [0.15, 0.2) is 30.3 Å². The lowest BCUT2D eigenvalue weighted by molar-refractivity contribution is 0.114. The van der Waals surface area contributed by atoms with Crippen molar-refractivity contribution in [3.05, 3.63) is 52.8 Å². The summed E-state index contributed by atoms with van der Waals surface area (Å²) in [5.41, 5.74) is 4.29. The summed E-state index contributed by atoms with van der Waals surface area (Å²) in [6.07, 6.45) is 0.479. The molecule has 0 fully saturated rings. The summed E-state index contributed by atoms with van der Waals surface area (Å²) in [7, 11) is 0. The van der Waals surface area contributed by atoms with Crippen molar-refractivity contribution in [2.45, 2.75) is 46.3 Å². The minimum Gasteiger partial charge on any atom is -0.386 e. The zero-order chi connectivity index (χ0) is 14.0. The Bertz CT molecular complexity index is 542. The van der Waals surface area contributed by atoms with E-state index in [2.05, 4.69) is 24.2 Å². The van der Waals surface area contributed by atoms with Crippen molar-refractivity contribution in [2.24, 2.45) is 0 Å². The van der Waals surface area contributed by atoms with Gasteiger partial charge >= 0.3 is 0 Å². The van der Waals surface area contributed by atoms with E-state index in [-0.39, 0.29) is 6.04 Å². The van der Waals surface area contributed by atoms with Crippen LogP contribution in [-0.2, 0) is 6.42 Å². The van der Waals surface area contributed by atoms with Crippen LogP contribution in [0.2, 0.25) is 0 Å². The molecule has 1 N–H and O–H groups in total. The SMILES string of the molecule is CCc1ccc(C(O)C(C)n2nc(C)cc2C)cc1. The van der Waals surface area contributed by atoms with Gasteiger partial charge in [-0.2, -0.15) is 5.10 Å². The zero-order valence-electron chi connectivity index (χ0n) is 12.1. The summed E-state index contributed by atoms with van der Waals surface area (Å²) in [6.45, 7) is 8.11. The van der Waals surface area contributed by atoms with Crippen molar-refractivity contribution in [2.75, 3.05) is 0 Å². The first-order chi connectivity index (χ1) is 9.02. The van der Waals surface area contributed by atoms with Crippen LogP contribution < -0.4 is 0 Å². The van der Waals surface area contributed by atoms with E-state index in [4.69, 9.17) is 0 Å². The van der Waals surface area contributed by atoms with Crippen molar-refractivity contribution < 1.29 is 5.11 Å². The highest BCUT2D eigenvalue weighted by Crippen LogP contribution is 2.27. The van der Waals surface area contributed by atoms with E-state index >= 15 is 0 Å². The second-order valence-corrected chi connectivity index (χ2v) is 5.15. The summed E-state index contributed by atoms with van der Waals surface area (Å²) in [5.74, 6) is 0. The fourth-order valence-electron chi connectivity index (χ4n) is 2.42. The van der Waals surface area contributed by atoms with Gasteiger partial charge in [0.2, 0.25) is 0 Å². The van der Waals surface area contributed by atoms with Crippen molar-refractivity contribution in [1.82, 2.24) is 9.78 Å². The van der Waals surface area contributed by atoms with Gasteiger partial charge in [0.05, 0.1) is 11.7 Å². The Labute approximate surface area is 114 Å². The van der Waals surface area contributed by atoms with Crippen molar-refractivity contribution >= 4 is 0 Å². The van der Waals surface area contributed by atoms with Crippen LogP contribution in [-0.4, -0.2) is 14.9 Å². The number of aliphatic hydroxyl groups is 1. The average Bonchev–Trinajstić information content (AvgIpc) is 2.76. The third kappa shape index (κ3) is 2.87. The fraction of sp³-hybridized carbons (Fsp3) is 0.438. The average molecular weight is 258 g/mol. The fourth-order valence-corrected chi connectivity index (χ4v) is 2.42. The minimum absolute atomic E-state index is 0.0684. The summed E-state index contributed by atoms with van der Waals surface area (Å²) < 4.78 is 1.90. The smallest absolute Gasteiger partial charge is 0.101 e. The second-order valence-electron chi connectivity index (χ2n) is 5.15. The number of hydrogen-bond acceptors (Lipinski definition) is 2. The highest BCUT2D eigenvalue weighted by Gasteiger charge is 2.20. The Hall–Kier alpha value is -1.61. The third-order valence-corrected chi connectivity index (χ3v) is 3.62. The predicted molar refractivity (Wildman–Crippen MR) is 77.2 cm³/mol. The van der Waals surface area contributed by atoms with E-state index in [1.807, 2.05) is 43.7 Å². The Morgan fingerprint density at radius 3 is 2.32 bits per heavy atom. The first-order valence-electron chi connectivity index (χ1n) is 6.82. The number of aliphatic hydroxyl groups excluding tert-OH is 1. The number of aromatic nitrogens is 2. The quantitative estimate of drug-likeness (QED) is 0.913. The first-order valence-corrected chi connectivity index (χ1v) is 6.82. The number of benzene rings is 1. The second kappa shape index (κ2) is 5.57. The van der Waals surface area contributed by atoms with Gasteiger partial charge in [-0.05, 0) is 44.4 Å². The summed E-state index contributed by atoms with van der Waals surface area (Å²) in [5, 5.41) is 14.9. The van der Waals surface area contributed by atoms with Crippen LogP contribution in [0.3, 0.4) is 0 Å². The van der Waals surface area contributed by atoms with Gasteiger partial charge in [0.25, 0.3) is 0 Å². The molecule has 0 spiro atoms. The highest BCUT2D eigenvalue weighted by molar-refractivity contribution is 5.25. The van der Waals surface area contributed by atoms with E-state index in [1.54, 1.807) is 0 Å². The molecule has 1 heterocycles. The van der Waals surface area contributed by atoms with Crippen molar-refractivity contribution in [3.63, 3.8) is 0 Å². The highest BCUT2D eigenvalue weighted by atomic mass is 16.3. The van der Waals surface area contributed by atoms with Gasteiger partial charge in [0.15, 0.2) is 0 Å². The maximum absolute atomic E-state index is 10.5. The molecule has 0 saturated heterocycles. The molecule has 2 rings (SSSR count). The van der Waals surface area contributed by atoms with E-state index in [0.29, 0.717) is 0 Å². The molecule has 3 nitrogen and oxygen atoms in total. The molecular formula is C16H22N2O. The molecule has 3 heteroatoms. The molecule has 0 aliphatic carbocycles. The molecule has 1 aromatic carbocycles. The summed E-state index contributed by atoms with van der Waals surface area (Å²) in [4.78, 5) is 0. The van der Waals surface area contributed by atoms with E-state index in [0.717, 1.165) is 23.4 Å². The van der Waals surface area contributed by atoms with Crippen LogP contribution >= 0.6 is 0 Å². The monoisotopic (exact) mass is 258 g/mol. The standard InChI is InChI=1S/C16H22N2O/c1-5-14-6-8-15(9-7-14)16(19)13(4)18-12(3)10-11(2)17-18/h6-10,13,16,19H,5H2,1-4H3. The molecule has 1 aromatic heterocycles. The van der Waals surface area contributed by atoms with E-state index < -0.39 is 6.10 Å². The van der Waals surface area contributed by atoms with Crippen molar-refractivity contribution in [1.29, 1.82) is 0 Å². The Morgan fingerprint density at radius 2 is 1.84 bits per heavy atom. The summed E-state index contributed by atoms with van der Waals surface area (Å²) >= 11 is 0. The lowest BCUT2D eigenvalue weighted by Crippen LogP contribution is -2.17. The van der Waals surface area contributed by atoms with Crippen LogP contribution in [0.1, 0.15) is 48.5 Å². The molecule has 0 radical (unpaired) electrons. The third-order valence-electron chi connectivity index (χ3n) is 3.62. The van der Waals surface area contributed by atoms with E-state index in [1.165, 1.54) is 5.56 Å². The van der Waals surface area contributed by atoms with Crippen LogP contribution in [0.25, 0.3) is 0 Å². The largest absolute Gasteiger partial charge is 0.386 e. The minimum atomic E-state index is -0.538. The number of hydrogen-bond donors (Lipinski definition) is 1. The summed E-state index contributed by atoms with van der Waals surface area (Å²) in [6, 6.07) is 10.1. The Morgan fingerprint density at radius 1 is 1.21 bits per heavy atom. The molecule has 0 aliphatic rings. The number of aryl methyl sites for hydroxylation is 3. The molecule has 0 amide bonds. The molecule has 19 heavy (non-hydrogen) atoms.